The van der Waals surface area contributed by atoms with Crippen LogP contribution in [-0.2, 0) is 19.1 Å². The first-order valence-electron chi connectivity index (χ1n) is 24.2. The van der Waals surface area contributed by atoms with Crippen LogP contribution in [0.1, 0.15) is 278 Å². The van der Waals surface area contributed by atoms with E-state index in [2.05, 4.69) is 27.7 Å². The molecule has 0 radical (unpaired) electrons. The minimum absolute atomic E-state index is 0.177. The summed E-state index contributed by atoms with van der Waals surface area (Å²) in [7, 11) is 0. The molecule has 0 heterocycles. The van der Waals surface area contributed by atoms with E-state index in [1.807, 2.05) is 0 Å². The quantitative estimate of drug-likeness (QED) is 0.0460. The van der Waals surface area contributed by atoms with Gasteiger partial charge in [-0.15, -0.1) is 0 Å². The van der Waals surface area contributed by atoms with Gasteiger partial charge in [0.25, 0.3) is 0 Å². The maximum absolute atomic E-state index is 12.0. The Bertz CT molecular complexity index is 672. The van der Waals surface area contributed by atoms with Gasteiger partial charge in [0.2, 0.25) is 0 Å². The Hall–Kier alpha value is -1.06. The third-order valence-electron chi connectivity index (χ3n) is 11.1. The molecule has 0 aromatic carbocycles. The first-order valence-corrected chi connectivity index (χ1v) is 24.2. The number of carbonyl (C=O) groups is 2. The first-order chi connectivity index (χ1) is 25.9. The molecule has 0 rings (SSSR count). The second-order valence-corrected chi connectivity index (χ2v) is 17.7. The van der Waals surface area contributed by atoms with Crippen molar-refractivity contribution < 1.29 is 19.1 Å². The molecule has 0 bridgehead atoms. The number of hydrogen-bond donors (Lipinski definition) is 0. The highest BCUT2D eigenvalue weighted by atomic mass is 16.5. The molecule has 316 valence electrons. The molecule has 0 saturated heterocycles. The standard InChI is InChI=1S/C49H96O4/c1-46(2)40-35-31-27-23-19-15-11-7-5-9-13-17-21-25-29-33-37-44-52-48(50)42-39-43-49(51)53-45-38-34-30-26-22-18-14-10-6-8-12-16-20-24-28-32-36-41-47(3)4/h46-47H,5-45H2,1-4H3. The van der Waals surface area contributed by atoms with Crippen LogP contribution in [0.4, 0.5) is 0 Å². The summed E-state index contributed by atoms with van der Waals surface area (Å²) < 4.78 is 10.8. The molecule has 4 heteroatoms. The fourth-order valence-corrected chi connectivity index (χ4v) is 7.51. The summed E-state index contributed by atoms with van der Waals surface area (Å²) in [5, 5.41) is 0. The van der Waals surface area contributed by atoms with Crippen molar-refractivity contribution >= 4 is 11.9 Å². The maximum Gasteiger partial charge on any atom is 0.305 e. The highest BCUT2D eigenvalue weighted by Gasteiger charge is 2.07. The van der Waals surface area contributed by atoms with Crippen LogP contribution in [0.3, 0.4) is 0 Å². The number of hydrogen-bond acceptors (Lipinski definition) is 4. The van der Waals surface area contributed by atoms with Crippen molar-refractivity contribution in [2.45, 2.75) is 278 Å². The number of rotatable bonds is 44. The molecule has 0 N–H and O–H groups in total. The molecule has 0 aromatic rings. The van der Waals surface area contributed by atoms with Gasteiger partial charge in [-0.2, -0.15) is 0 Å². The van der Waals surface area contributed by atoms with Crippen molar-refractivity contribution in [3.63, 3.8) is 0 Å². The average molecular weight is 749 g/mol. The number of carbonyl (C=O) groups excluding carboxylic acids is 2. The minimum Gasteiger partial charge on any atom is -0.466 e. The van der Waals surface area contributed by atoms with Crippen LogP contribution in [0.25, 0.3) is 0 Å². The molecule has 0 aliphatic heterocycles. The van der Waals surface area contributed by atoms with Crippen molar-refractivity contribution in [3.8, 4) is 0 Å². The van der Waals surface area contributed by atoms with Gasteiger partial charge in [0, 0.05) is 12.8 Å². The van der Waals surface area contributed by atoms with Crippen LogP contribution in [0, 0.1) is 11.8 Å². The molecule has 0 amide bonds. The van der Waals surface area contributed by atoms with E-state index < -0.39 is 0 Å². The fraction of sp³-hybridized carbons (Fsp3) is 0.959. The van der Waals surface area contributed by atoms with Gasteiger partial charge in [-0.25, -0.2) is 0 Å². The normalized spacial score (nSPS) is 11.6. The smallest absolute Gasteiger partial charge is 0.305 e. The van der Waals surface area contributed by atoms with Crippen molar-refractivity contribution in [1.29, 1.82) is 0 Å². The number of esters is 2. The number of unbranched alkanes of at least 4 members (excludes halogenated alkanes) is 32. The predicted octanol–water partition coefficient (Wildman–Crippen LogP) is 16.6. The third kappa shape index (κ3) is 47.0. The summed E-state index contributed by atoms with van der Waals surface area (Å²) in [6, 6.07) is 0. The molecule has 0 fully saturated rings. The zero-order valence-electron chi connectivity index (χ0n) is 36.8. The van der Waals surface area contributed by atoms with Gasteiger partial charge >= 0.3 is 11.9 Å². The molecule has 53 heavy (non-hydrogen) atoms. The highest BCUT2D eigenvalue weighted by molar-refractivity contribution is 5.72. The van der Waals surface area contributed by atoms with Crippen molar-refractivity contribution in [2.24, 2.45) is 11.8 Å². The predicted molar refractivity (Wildman–Crippen MR) is 232 cm³/mol. The van der Waals surface area contributed by atoms with E-state index in [-0.39, 0.29) is 11.9 Å². The molecule has 0 aliphatic rings. The average Bonchev–Trinajstić information content (AvgIpc) is 3.13. The van der Waals surface area contributed by atoms with Crippen LogP contribution < -0.4 is 0 Å². The Labute approximate surface area is 333 Å². The van der Waals surface area contributed by atoms with Gasteiger partial charge in [-0.1, -0.05) is 246 Å². The van der Waals surface area contributed by atoms with E-state index >= 15 is 0 Å². The van der Waals surface area contributed by atoms with Crippen LogP contribution >= 0.6 is 0 Å². The summed E-state index contributed by atoms with van der Waals surface area (Å²) in [6.07, 6.45) is 50.0. The van der Waals surface area contributed by atoms with E-state index in [0.29, 0.717) is 32.5 Å². The zero-order chi connectivity index (χ0) is 38.7. The van der Waals surface area contributed by atoms with Crippen molar-refractivity contribution in [1.82, 2.24) is 0 Å². The van der Waals surface area contributed by atoms with Gasteiger partial charge in [0.05, 0.1) is 13.2 Å². The van der Waals surface area contributed by atoms with Gasteiger partial charge in [0.15, 0.2) is 0 Å². The van der Waals surface area contributed by atoms with E-state index in [1.54, 1.807) is 0 Å². The molecule has 0 aromatic heterocycles. The highest BCUT2D eigenvalue weighted by Crippen LogP contribution is 2.17. The van der Waals surface area contributed by atoms with Crippen molar-refractivity contribution in [2.75, 3.05) is 13.2 Å². The second kappa shape index (κ2) is 43.7. The van der Waals surface area contributed by atoms with E-state index in [4.69, 9.17) is 9.47 Å². The maximum atomic E-state index is 12.0. The van der Waals surface area contributed by atoms with Gasteiger partial charge < -0.3 is 9.47 Å². The molecule has 4 nitrogen and oxygen atoms in total. The molecule has 0 spiro atoms. The lowest BCUT2D eigenvalue weighted by Crippen LogP contribution is -2.09. The van der Waals surface area contributed by atoms with Crippen LogP contribution in [0.15, 0.2) is 0 Å². The molecular weight excluding hydrogens is 653 g/mol. The van der Waals surface area contributed by atoms with E-state index in [9.17, 15) is 9.59 Å². The zero-order valence-corrected chi connectivity index (χ0v) is 36.8. The van der Waals surface area contributed by atoms with Crippen LogP contribution in [0.5, 0.6) is 0 Å². The SMILES string of the molecule is CC(C)CCCCCCCCCCCCCCCCCCCOC(=O)CCCC(=O)OCCCCCCCCCCCCCCCCCCCC(C)C. The summed E-state index contributed by atoms with van der Waals surface area (Å²) in [4.78, 5) is 24.0. The Morgan fingerprint density at radius 3 is 0.679 bits per heavy atom. The summed E-state index contributed by atoms with van der Waals surface area (Å²) in [5.74, 6) is 1.38. The van der Waals surface area contributed by atoms with Crippen molar-refractivity contribution in [3.05, 3.63) is 0 Å². The Morgan fingerprint density at radius 1 is 0.283 bits per heavy atom. The lowest BCUT2D eigenvalue weighted by Gasteiger charge is -2.07. The fourth-order valence-electron chi connectivity index (χ4n) is 7.51. The minimum atomic E-state index is -0.177. The van der Waals surface area contributed by atoms with E-state index in [1.165, 1.54) is 205 Å². The van der Waals surface area contributed by atoms with Gasteiger partial charge in [0.1, 0.15) is 0 Å². The van der Waals surface area contributed by atoms with E-state index in [0.717, 1.165) is 37.5 Å². The van der Waals surface area contributed by atoms with Crippen LogP contribution in [-0.4, -0.2) is 25.2 Å². The van der Waals surface area contributed by atoms with Crippen LogP contribution in [0.2, 0.25) is 0 Å². The molecule has 0 atom stereocenters. The Kier molecular flexibility index (Phi) is 42.8. The molecule has 0 unspecified atom stereocenters. The summed E-state index contributed by atoms with van der Waals surface area (Å²) in [6.45, 7) is 10.4. The third-order valence-corrected chi connectivity index (χ3v) is 11.1. The largest absolute Gasteiger partial charge is 0.466 e. The second-order valence-electron chi connectivity index (χ2n) is 17.7. The summed E-state index contributed by atoms with van der Waals surface area (Å²) in [5.41, 5.74) is 0. The first kappa shape index (κ1) is 51.9. The number of ether oxygens (including phenoxy) is 2. The van der Waals surface area contributed by atoms with Gasteiger partial charge in [-0.05, 0) is 31.1 Å². The lowest BCUT2D eigenvalue weighted by atomic mass is 10.0. The monoisotopic (exact) mass is 749 g/mol. The topological polar surface area (TPSA) is 52.6 Å². The Morgan fingerprint density at radius 2 is 0.472 bits per heavy atom. The summed E-state index contributed by atoms with van der Waals surface area (Å²) >= 11 is 0. The Balaban J connectivity index is 3.25. The molecule has 0 saturated carbocycles. The molecular formula is C49H96O4. The lowest BCUT2D eigenvalue weighted by molar-refractivity contribution is -0.145. The molecule has 0 aliphatic carbocycles. The van der Waals surface area contributed by atoms with Gasteiger partial charge in [-0.3, -0.25) is 9.59 Å².